The minimum atomic E-state index is -1.22. The van der Waals surface area contributed by atoms with E-state index in [0.29, 0.717) is 31.5 Å². The maximum Gasteiger partial charge on any atom is 0.325 e. The standard InChI is InChI=1S/C23H31N3O5/c1-22(2,3)16-6-8-17(9-7-16)23(4)20(29)26(21(30)24-23)14-18(27)25-12-10-15(11-13-25)19(28)31-5/h6-9,15H,10-14H2,1-5H3,(H,24,30). The lowest BCUT2D eigenvalue weighted by Gasteiger charge is -2.31. The molecule has 168 valence electrons. The Hall–Kier alpha value is -2.90. The maximum atomic E-state index is 13.1. The largest absolute Gasteiger partial charge is 0.469 e. The molecular formula is C23H31N3O5. The van der Waals surface area contributed by atoms with Crippen molar-refractivity contribution in [1.82, 2.24) is 15.1 Å². The topological polar surface area (TPSA) is 96.0 Å². The second-order valence-electron chi connectivity index (χ2n) is 9.45. The fourth-order valence-electron chi connectivity index (χ4n) is 4.11. The highest BCUT2D eigenvalue weighted by molar-refractivity contribution is 6.09. The summed E-state index contributed by atoms with van der Waals surface area (Å²) in [7, 11) is 1.35. The number of imide groups is 1. The van der Waals surface area contributed by atoms with Crippen molar-refractivity contribution in [3.8, 4) is 0 Å². The lowest BCUT2D eigenvalue weighted by atomic mass is 9.84. The molecular weight excluding hydrogens is 398 g/mol. The molecule has 1 aromatic rings. The molecule has 0 saturated carbocycles. The molecule has 2 saturated heterocycles. The van der Waals surface area contributed by atoms with E-state index in [2.05, 4.69) is 26.1 Å². The summed E-state index contributed by atoms with van der Waals surface area (Å²) in [5, 5.41) is 2.75. The molecule has 1 unspecified atom stereocenters. The number of hydrogen-bond donors (Lipinski definition) is 1. The number of piperidine rings is 1. The van der Waals surface area contributed by atoms with E-state index in [9.17, 15) is 19.2 Å². The lowest BCUT2D eigenvalue weighted by molar-refractivity contribution is -0.149. The Labute approximate surface area is 182 Å². The molecule has 0 radical (unpaired) electrons. The van der Waals surface area contributed by atoms with Crippen LogP contribution in [0.1, 0.15) is 51.7 Å². The van der Waals surface area contributed by atoms with Crippen LogP contribution in [0, 0.1) is 5.92 Å². The Kier molecular flexibility index (Phi) is 6.11. The predicted octanol–water partition coefficient (Wildman–Crippen LogP) is 2.16. The van der Waals surface area contributed by atoms with Crippen LogP contribution in [0.4, 0.5) is 4.79 Å². The first-order valence-corrected chi connectivity index (χ1v) is 10.6. The van der Waals surface area contributed by atoms with Crippen LogP contribution >= 0.6 is 0 Å². The summed E-state index contributed by atoms with van der Waals surface area (Å²) < 4.78 is 4.76. The van der Waals surface area contributed by atoms with E-state index in [0.717, 1.165) is 10.5 Å². The number of rotatable bonds is 4. The van der Waals surface area contributed by atoms with E-state index in [4.69, 9.17) is 4.74 Å². The van der Waals surface area contributed by atoms with Crippen molar-refractivity contribution in [2.45, 2.75) is 51.5 Å². The molecule has 0 aliphatic carbocycles. The smallest absolute Gasteiger partial charge is 0.325 e. The van der Waals surface area contributed by atoms with Crippen molar-refractivity contribution >= 4 is 23.8 Å². The second-order valence-corrected chi connectivity index (χ2v) is 9.45. The van der Waals surface area contributed by atoms with E-state index in [1.165, 1.54) is 7.11 Å². The number of amides is 4. The Balaban J connectivity index is 1.67. The van der Waals surface area contributed by atoms with Gasteiger partial charge < -0.3 is 15.0 Å². The fourth-order valence-corrected chi connectivity index (χ4v) is 4.11. The summed E-state index contributed by atoms with van der Waals surface area (Å²) in [6.07, 6.45) is 1.02. The number of urea groups is 1. The van der Waals surface area contributed by atoms with Gasteiger partial charge >= 0.3 is 12.0 Å². The van der Waals surface area contributed by atoms with Gasteiger partial charge in [0.2, 0.25) is 5.91 Å². The van der Waals surface area contributed by atoms with Crippen LogP contribution in [0.25, 0.3) is 0 Å². The Morgan fingerprint density at radius 3 is 2.23 bits per heavy atom. The van der Waals surface area contributed by atoms with E-state index in [-0.39, 0.29) is 29.8 Å². The van der Waals surface area contributed by atoms with Crippen molar-refractivity contribution in [3.63, 3.8) is 0 Å². The van der Waals surface area contributed by atoms with Crippen molar-refractivity contribution < 1.29 is 23.9 Å². The molecule has 8 nitrogen and oxygen atoms in total. The first-order valence-electron chi connectivity index (χ1n) is 10.6. The summed E-state index contributed by atoms with van der Waals surface area (Å²) in [6.45, 7) is 8.45. The third-order valence-corrected chi connectivity index (χ3v) is 6.28. The first kappa shape index (κ1) is 22.8. The van der Waals surface area contributed by atoms with E-state index in [1.807, 2.05) is 24.3 Å². The number of ether oxygens (including phenoxy) is 1. The molecule has 4 amide bonds. The van der Waals surface area contributed by atoms with Crippen molar-refractivity contribution in [2.24, 2.45) is 5.92 Å². The van der Waals surface area contributed by atoms with Crippen LogP contribution in [0.5, 0.6) is 0 Å². The molecule has 2 fully saturated rings. The zero-order valence-electron chi connectivity index (χ0n) is 18.9. The predicted molar refractivity (Wildman–Crippen MR) is 114 cm³/mol. The minimum Gasteiger partial charge on any atom is -0.469 e. The van der Waals surface area contributed by atoms with E-state index < -0.39 is 17.5 Å². The number of nitrogens with one attached hydrogen (secondary N) is 1. The molecule has 31 heavy (non-hydrogen) atoms. The molecule has 1 aromatic carbocycles. The Bertz CT molecular complexity index is 881. The number of nitrogens with zero attached hydrogens (tertiary/aromatic N) is 2. The molecule has 1 atom stereocenters. The van der Waals surface area contributed by atoms with Crippen LogP contribution in [-0.4, -0.2) is 60.4 Å². The third kappa shape index (κ3) is 4.43. The van der Waals surface area contributed by atoms with E-state index >= 15 is 0 Å². The molecule has 0 bridgehead atoms. The zero-order valence-corrected chi connectivity index (χ0v) is 18.9. The highest BCUT2D eigenvalue weighted by Gasteiger charge is 2.49. The van der Waals surface area contributed by atoms with Gasteiger partial charge in [-0.3, -0.25) is 19.3 Å². The van der Waals surface area contributed by atoms with Crippen molar-refractivity contribution in [3.05, 3.63) is 35.4 Å². The molecule has 8 heteroatoms. The van der Waals surface area contributed by atoms with Gasteiger partial charge in [-0.1, -0.05) is 45.0 Å². The lowest BCUT2D eigenvalue weighted by Crippen LogP contribution is -2.47. The quantitative estimate of drug-likeness (QED) is 0.585. The highest BCUT2D eigenvalue weighted by Crippen LogP contribution is 2.31. The fraction of sp³-hybridized carbons (Fsp3) is 0.565. The highest BCUT2D eigenvalue weighted by atomic mass is 16.5. The van der Waals surface area contributed by atoms with Crippen LogP contribution in [-0.2, 0) is 30.1 Å². The molecule has 2 aliphatic heterocycles. The number of hydrogen-bond acceptors (Lipinski definition) is 5. The summed E-state index contributed by atoms with van der Waals surface area (Å²) in [6, 6.07) is 7.03. The minimum absolute atomic E-state index is 0.0257. The van der Waals surface area contributed by atoms with Gasteiger partial charge in [0.15, 0.2) is 0 Å². The van der Waals surface area contributed by atoms with Crippen LogP contribution < -0.4 is 5.32 Å². The van der Waals surface area contributed by atoms with Crippen LogP contribution in [0.15, 0.2) is 24.3 Å². The van der Waals surface area contributed by atoms with Gasteiger partial charge in [-0.15, -0.1) is 0 Å². The SMILES string of the molecule is COC(=O)C1CCN(C(=O)CN2C(=O)NC(C)(c3ccc(C(C)(C)C)cc3)C2=O)CC1. The molecule has 2 aliphatic rings. The average Bonchev–Trinajstić information content (AvgIpc) is 2.96. The molecule has 1 N–H and O–H groups in total. The number of likely N-dealkylation sites (tertiary alicyclic amines) is 1. The third-order valence-electron chi connectivity index (χ3n) is 6.28. The molecule has 3 rings (SSSR count). The number of methoxy groups -OCH3 is 1. The summed E-state index contributed by atoms with van der Waals surface area (Å²) in [5.41, 5.74) is 0.556. The summed E-state index contributed by atoms with van der Waals surface area (Å²) in [4.78, 5) is 52.6. The zero-order chi connectivity index (χ0) is 23.0. The summed E-state index contributed by atoms with van der Waals surface area (Å²) >= 11 is 0. The Morgan fingerprint density at radius 1 is 1.13 bits per heavy atom. The van der Waals surface area contributed by atoms with Gasteiger partial charge in [0.1, 0.15) is 12.1 Å². The van der Waals surface area contributed by atoms with Gasteiger partial charge in [0, 0.05) is 13.1 Å². The van der Waals surface area contributed by atoms with Crippen molar-refractivity contribution in [1.29, 1.82) is 0 Å². The monoisotopic (exact) mass is 429 g/mol. The molecule has 0 spiro atoms. The summed E-state index contributed by atoms with van der Waals surface area (Å²) in [5.74, 6) is -1.24. The normalized spacial score (nSPS) is 22.5. The van der Waals surface area contributed by atoms with Gasteiger partial charge in [-0.05, 0) is 36.3 Å². The van der Waals surface area contributed by atoms with Crippen molar-refractivity contribution in [2.75, 3.05) is 26.7 Å². The van der Waals surface area contributed by atoms with Crippen LogP contribution in [0.3, 0.4) is 0 Å². The molecule has 0 aromatic heterocycles. The maximum absolute atomic E-state index is 13.1. The van der Waals surface area contributed by atoms with Gasteiger partial charge in [0.25, 0.3) is 5.91 Å². The Morgan fingerprint density at radius 2 is 1.71 bits per heavy atom. The number of carbonyl (C=O) groups excluding carboxylic acids is 4. The second kappa shape index (κ2) is 8.32. The number of benzene rings is 1. The first-order chi connectivity index (χ1) is 14.5. The van der Waals surface area contributed by atoms with Gasteiger partial charge in [-0.25, -0.2) is 4.79 Å². The van der Waals surface area contributed by atoms with Crippen LogP contribution in [0.2, 0.25) is 0 Å². The number of esters is 1. The number of carbonyl (C=O) groups is 4. The van der Waals surface area contributed by atoms with Gasteiger partial charge in [0.05, 0.1) is 13.0 Å². The molecule has 2 heterocycles. The average molecular weight is 430 g/mol. The van der Waals surface area contributed by atoms with Gasteiger partial charge in [-0.2, -0.15) is 0 Å². The van der Waals surface area contributed by atoms with E-state index in [1.54, 1.807) is 11.8 Å².